The van der Waals surface area contributed by atoms with E-state index in [-0.39, 0.29) is 30.1 Å². The molecule has 7 nitrogen and oxygen atoms in total. The molecule has 2 fully saturated rings. The van der Waals surface area contributed by atoms with Crippen LogP contribution in [0.2, 0.25) is 0 Å². The van der Waals surface area contributed by atoms with Gasteiger partial charge in [0.05, 0.1) is 12.6 Å². The van der Waals surface area contributed by atoms with Gasteiger partial charge < -0.3 is 9.64 Å². The van der Waals surface area contributed by atoms with Crippen LogP contribution in [0.5, 0.6) is 0 Å². The minimum atomic E-state index is -0.400. The minimum absolute atomic E-state index is 0. The molecule has 2 atom stereocenters. The maximum Gasteiger partial charge on any atom is 0.173 e. The van der Waals surface area contributed by atoms with Crippen molar-refractivity contribution in [2.75, 3.05) is 37.7 Å². The molecule has 0 N–H and O–H groups in total. The van der Waals surface area contributed by atoms with Crippen LogP contribution >= 0.6 is 12.4 Å². The summed E-state index contributed by atoms with van der Waals surface area (Å²) < 4.78 is 35.8. The fourth-order valence-corrected chi connectivity index (χ4v) is 4.60. The van der Waals surface area contributed by atoms with Gasteiger partial charge in [0.2, 0.25) is 0 Å². The van der Waals surface area contributed by atoms with Crippen molar-refractivity contribution in [2.45, 2.75) is 31.5 Å². The van der Waals surface area contributed by atoms with Gasteiger partial charge in [-0.1, -0.05) is 18.2 Å². The van der Waals surface area contributed by atoms with Crippen molar-refractivity contribution in [1.82, 2.24) is 25.1 Å². The van der Waals surface area contributed by atoms with E-state index in [1.807, 2.05) is 6.07 Å². The zero-order chi connectivity index (χ0) is 21.9. The van der Waals surface area contributed by atoms with E-state index in [0.29, 0.717) is 31.0 Å². The maximum absolute atomic E-state index is 14.9. The first-order valence-corrected chi connectivity index (χ1v) is 11.1. The Kier molecular flexibility index (Phi) is 7.52. The van der Waals surface area contributed by atoms with E-state index in [2.05, 4.69) is 25.3 Å². The smallest absolute Gasteiger partial charge is 0.173 e. The van der Waals surface area contributed by atoms with E-state index in [1.165, 1.54) is 18.2 Å². The van der Waals surface area contributed by atoms with Gasteiger partial charge in [0.25, 0.3) is 0 Å². The lowest BCUT2D eigenvalue weighted by Crippen LogP contribution is -2.48. The average Bonchev–Trinajstić information content (AvgIpc) is 3.49. The topological polar surface area (TPSA) is 59.3 Å². The Morgan fingerprint density at radius 3 is 2.45 bits per heavy atom. The number of benzene rings is 2. The van der Waals surface area contributed by atoms with Gasteiger partial charge in [-0.15, -0.1) is 17.5 Å². The lowest BCUT2D eigenvalue weighted by atomic mass is 10.0. The molecule has 0 aliphatic carbocycles. The van der Waals surface area contributed by atoms with Gasteiger partial charge in [-0.25, -0.2) is 13.5 Å². The van der Waals surface area contributed by atoms with Gasteiger partial charge in [0.15, 0.2) is 5.82 Å². The van der Waals surface area contributed by atoms with Crippen LogP contribution in [0.4, 0.5) is 14.5 Å². The highest BCUT2D eigenvalue weighted by atomic mass is 35.5. The second-order valence-corrected chi connectivity index (χ2v) is 8.28. The highest BCUT2D eigenvalue weighted by molar-refractivity contribution is 5.85. The van der Waals surface area contributed by atoms with Crippen LogP contribution < -0.4 is 4.90 Å². The molecule has 1 aromatic heterocycles. The van der Waals surface area contributed by atoms with Gasteiger partial charge in [0, 0.05) is 44.0 Å². The van der Waals surface area contributed by atoms with Crippen LogP contribution in [0.1, 0.15) is 30.3 Å². The maximum atomic E-state index is 14.9. The zero-order valence-corrected chi connectivity index (χ0v) is 19.0. The molecule has 2 saturated heterocycles. The predicted molar refractivity (Wildman–Crippen MR) is 122 cm³/mol. The fraction of sp³-hybridized carbons (Fsp3) is 0.435. The summed E-state index contributed by atoms with van der Waals surface area (Å²) in [6.45, 7) is 4.19. The number of piperazine rings is 1. The highest BCUT2D eigenvalue weighted by Gasteiger charge is 2.33. The van der Waals surface area contributed by atoms with Crippen molar-refractivity contribution in [2.24, 2.45) is 0 Å². The standard InChI is InChI=1S/C23H26F2N6O.ClH/c24-17-7-9-18(10-8-17)29-11-13-30(14-12-29)22(20-5-1-2-6-21(20)25)23-26-27-28-31(23)16-19-4-3-15-32-19;/h1-2,5-10,19,22H,3-4,11-16H2;1H. The SMILES string of the molecule is Cl.Fc1ccc(N2CCN(C(c3ccccc3F)c3nnnn3CC3CCCO3)CC2)cc1. The van der Waals surface area contributed by atoms with Gasteiger partial charge in [-0.05, 0) is 53.6 Å². The summed E-state index contributed by atoms with van der Waals surface area (Å²) in [5.74, 6) is 0.107. The number of rotatable bonds is 6. The van der Waals surface area contributed by atoms with E-state index >= 15 is 0 Å². The third kappa shape index (κ3) is 5.15. The Bertz CT molecular complexity index is 1040. The van der Waals surface area contributed by atoms with Crippen LogP contribution in [0, 0.1) is 11.6 Å². The largest absolute Gasteiger partial charge is 0.376 e. The van der Waals surface area contributed by atoms with E-state index in [1.54, 1.807) is 28.9 Å². The van der Waals surface area contributed by atoms with Gasteiger partial charge in [0.1, 0.15) is 17.7 Å². The zero-order valence-electron chi connectivity index (χ0n) is 18.2. The van der Waals surface area contributed by atoms with E-state index < -0.39 is 6.04 Å². The van der Waals surface area contributed by atoms with Gasteiger partial charge in [-0.3, -0.25) is 4.90 Å². The molecule has 2 aromatic carbocycles. The molecular weight excluding hydrogens is 450 g/mol. The molecule has 5 rings (SSSR count). The molecule has 2 aliphatic rings. The summed E-state index contributed by atoms with van der Waals surface area (Å²) >= 11 is 0. The number of anilines is 1. The van der Waals surface area contributed by atoms with Crippen LogP contribution in [-0.4, -0.2) is 64.0 Å². The quantitative estimate of drug-likeness (QED) is 0.543. The molecule has 0 saturated carbocycles. The number of hydrogen-bond donors (Lipinski definition) is 0. The first kappa shape index (κ1) is 23.5. The number of halogens is 3. The molecular formula is C23H27ClF2N6O. The summed E-state index contributed by atoms with van der Waals surface area (Å²) in [5, 5.41) is 12.4. The van der Waals surface area contributed by atoms with Crippen LogP contribution in [0.3, 0.4) is 0 Å². The second kappa shape index (κ2) is 10.5. The summed E-state index contributed by atoms with van der Waals surface area (Å²) in [7, 11) is 0. The molecule has 0 spiro atoms. The third-order valence-corrected chi connectivity index (χ3v) is 6.28. The molecule has 3 aromatic rings. The van der Waals surface area contributed by atoms with E-state index in [9.17, 15) is 8.78 Å². The summed E-state index contributed by atoms with van der Waals surface area (Å²) in [4.78, 5) is 4.43. The number of hydrogen-bond acceptors (Lipinski definition) is 6. The number of ether oxygens (including phenoxy) is 1. The molecule has 176 valence electrons. The normalized spacial score (nSPS) is 19.9. The Balaban J connectivity index is 0.00000259. The van der Waals surface area contributed by atoms with Gasteiger partial charge >= 0.3 is 0 Å². The number of aromatic nitrogens is 4. The Labute approximate surface area is 197 Å². The van der Waals surface area contributed by atoms with Crippen molar-refractivity contribution in [1.29, 1.82) is 0 Å². The molecule has 33 heavy (non-hydrogen) atoms. The Morgan fingerprint density at radius 1 is 1.00 bits per heavy atom. The molecule has 2 aliphatic heterocycles. The van der Waals surface area contributed by atoms with Crippen molar-refractivity contribution >= 4 is 18.1 Å². The number of nitrogens with zero attached hydrogens (tertiary/aromatic N) is 6. The summed E-state index contributed by atoms with van der Waals surface area (Å²) in [6, 6.07) is 13.0. The fourth-order valence-electron chi connectivity index (χ4n) is 4.60. The molecule has 3 heterocycles. The van der Waals surface area contributed by atoms with Crippen molar-refractivity contribution in [3.05, 3.63) is 71.6 Å². The lowest BCUT2D eigenvalue weighted by molar-refractivity contribution is 0.0906. The van der Waals surface area contributed by atoms with Crippen molar-refractivity contribution in [3.8, 4) is 0 Å². The summed E-state index contributed by atoms with van der Waals surface area (Å²) in [5.41, 5.74) is 1.54. The third-order valence-electron chi connectivity index (χ3n) is 6.28. The lowest BCUT2D eigenvalue weighted by Gasteiger charge is -2.40. The molecule has 0 radical (unpaired) electrons. The monoisotopic (exact) mass is 476 g/mol. The highest BCUT2D eigenvalue weighted by Crippen LogP contribution is 2.31. The molecule has 0 amide bonds. The van der Waals surface area contributed by atoms with E-state index in [0.717, 1.165) is 38.2 Å². The predicted octanol–water partition coefficient (Wildman–Crippen LogP) is 3.46. The first-order valence-electron chi connectivity index (χ1n) is 11.1. The first-order chi connectivity index (χ1) is 15.7. The van der Waals surface area contributed by atoms with Crippen LogP contribution in [-0.2, 0) is 11.3 Å². The molecule has 2 unspecified atom stereocenters. The minimum Gasteiger partial charge on any atom is -0.376 e. The number of tetrazole rings is 1. The van der Waals surface area contributed by atoms with Gasteiger partial charge in [-0.2, -0.15) is 0 Å². The Morgan fingerprint density at radius 2 is 1.76 bits per heavy atom. The van der Waals surface area contributed by atoms with Crippen molar-refractivity contribution in [3.63, 3.8) is 0 Å². The molecule has 0 bridgehead atoms. The van der Waals surface area contributed by atoms with E-state index in [4.69, 9.17) is 4.74 Å². The second-order valence-electron chi connectivity index (χ2n) is 8.28. The van der Waals surface area contributed by atoms with Crippen molar-refractivity contribution < 1.29 is 13.5 Å². The summed E-state index contributed by atoms with van der Waals surface area (Å²) in [6.07, 6.45) is 2.08. The average molecular weight is 477 g/mol. The van der Waals surface area contributed by atoms with Crippen LogP contribution in [0.15, 0.2) is 48.5 Å². The molecule has 10 heteroatoms. The van der Waals surface area contributed by atoms with Crippen LogP contribution in [0.25, 0.3) is 0 Å². The Hall–Kier alpha value is -2.62.